The van der Waals surface area contributed by atoms with Gasteiger partial charge in [-0.1, -0.05) is 83.9 Å². The summed E-state index contributed by atoms with van der Waals surface area (Å²) in [7, 11) is -2.71. The normalized spacial score (nSPS) is 12.0. The summed E-state index contributed by atoms with van der Waals surface area (Å²) in [6, 6.07) is 27.5. The van der Waals surface area contributed by atoms with E-state index in [1.807, 2.05) is 50.2 Å². The number of hydrogen-bond donors (Lipinski definition) is 1. The van der Waals surface area contributed by atoms with Crippen molar-refractivity contribution in [1.29, 1.82) is 0 Å². The molecule has 0 heterocycles. The van der Waals surface area contributed by atoms with Crippen LogP contribution in [0.5, 0.6) is 5.75 Å². The molecule has 0 saturated carbocycles. The van der Waals surface area contributed by atoms with Gasteiger partial charge in [-0.3, -0.25) is 13.9 Å². The number of carbonyl (C=O) groups excluding carboxylic acids is 2. The van der Waals surface area contributed by atoms with Gasteiger partial charge in [0.1, 0.15) is 18.3 Å². The number of hydrogen-bond acceptors (Lipinski definition) is 5. The van der Waals surface area contributed by atoms with Crippen LogP contribution in [-0.4, -0.2) is 50.9 Å². The SMILES string of the molecule is COc1cccc(CN(C(=O)CN(c2ccc(Cl)c(Cl)c2)S(=O)(=O)c2ccccc2)C(Cc2ccccc2)C(=O)NC(C)C)c1. The van der Waals surface area contributed by atoms with E-state index < -0.39 is 28.5 Å². The molecule has 1 atom stereocenters. The topological polar surface area (TPSA) is 96.0 Å². The molecule has 1 unspecified atom stereocenters. The van der Waals surface area contributed by atoms with Crippen LogP contribution in [0.25, 0.3) is 0 Å². The minimum atomic E-state index is -4.26. The smallest absolute Gasteiger partial charge is 0.264 e. The largest absolute Gasteiger partial charge is 0.497 e. The highest BCUT2D eigenvalue weighted by Gasteiger charge is 2.35. The molecule has 0 aliphatic rings. The van der Waals surface area contributed by atoms with Crippen LogP contribution in [0.4, 0.5) is 5.69 Å². The number of anilines is 1. The number of nitrogens with zero attached hydrogens (tertiary/aromatic N) is 2. The first-order chi connectivity index (χ1) is 21.5. The minimum absolute atomic E-state index is 0.0124. The van der Waals surface area contributed by atoms with Crippen molar-refractivity contribution in [3.8, 4) is 5.75 Å². The van der Waals surface area contributed by atoms with E-state index in [-0.39, 0.29) is 45.5 Å². The van der Waals surface area contributed by atoms with Gasteiger partial charge in [-0.2, -0.15) is 0 Å². The third kappa shape index (κ3) is 8.78. The molecular formula is C34H35Cl2N3O5S. The second kappa shape index (κ2) is 15.3. The van der Waals surface area contributed by atoms with Crippen LogP contribution in [0.1, 0.15) is 25.0 Å². The van der Waals surface area contributed by atoms with Gasteiger partial charge >= 0.3 is 0 Å². The number of methoxy groups -OCH3 is 1. The molecule has 4 aromatic rings. The molecule has 0 radical (unpaired) electrons. The summed E-state index contributed by atoms with van der Waals surface area (Å²) >= 11 is 12.5. The average Bonchev–Trinajstić information content (AvgIpc) is 3.03. The van der Waals surface area contributed by atoms with Crippen LogP contribution >= 0.6 is 23.2 Å². The van der Waals surface area contributed by atoms with Crippen molar-refractivity contribution in [3.63, 3.8) is 0 Å². The Bertz CT molecular complexity index is 1720. The van der Waals surface area contributed by atoms with E-state index >= 15 is 0 Å². The maximum absolute atomic E-state index is 14.5. The summed E-state index contributed by atoms with van der Waals surface area (Å²) in [6.45, 7) is 3.08. The van der Waals surface area contributed by atoms with Crippen LogP contribution in [0.15, 0.2) is 108 Å². The number of carbonyl (C=O) groups is 2. The molecule has 4 aromatic carbocycles. The summed E-state index contributed by atoms with van der Waals surface area (Å²) in [5.41, 5.74) is 1.68. The van der Waals surface area contributed by atoms with Gasteiger partial charge in [-0.25, -0.2) is 8.42 Å². The first-order valence-corrected chi connectivity index (χ1v) is 16.5. The highest BCUT2D eigenvalue weighted by molar-refractivity contribution is 7.92. The molecule has 0 saturated heterocycles. The summed E-state index contributed by atoms with van der Waals surface area (Å²) in [5.74, 6) is -0.379. The molecular weight excluding hydrogens is 633 g/mol. The standard InChI is InChI=1S/C34H35Cl2N3O5S/c1-24(2)37-34(41)32(20-25-11-6-4-7-12-25)38(22-26-13-10-14-28(19-26)44-3)33(40)23-39(27-17-18-30(35)31(36)21-27)45(42,43)29-15-8-5-9-16-29/h4-19,21,24,32H,20,22-23H2,1-3H3,(H,37,41). The van der Waals surface area contributed by atoms with Gasteiger partial charge in [-0.15, -0.1) is 0 Å². The predicted octanol–water partition coefficient (Wildman–Crippen LogP) is 6.36. The van der Waals surface area contributed by atoms with Crippen molar-refractivity contribution in [2.24, 2.45) is 0 Å². The molecule has 1 N–H and O–H groups in total. The van der Waals surface area contributed by atoms with Crippen molar-refractivity contribution < 1.29 is 22.7 Å². The number of nitrogens with one attached hydrogen (secondary N) is 1. The highest BCUT2D eigenvalue weighted by Crippen LogP contribution is 2.31. The molecule has 11 heteroatoms. The van der Waals surface area contributed by atoms with Crippen LogP contribution in [0.2, 0.25) is 10.0 Å². The lowest BCUT2D eigenvalue weighted by atomic mass is 10.0. The van der Waals surface area contributed by atoms with E-state index in [2.05, 4.69) is 5.32 Å². The summed E-state index contributed by atoms with van der Waals surface area (Å²) < 4.78 is 34.5. The Labute approximate surface area is 274 Å². The quantitative estimate of drug-likeness (QED) is 0.179. The minimum Gasteiger partial charge on any atom is -0.497 e. The summed E-state index contributed by atoms with van der Waals surface area (Å²) in [4.78, 5) is 29.7. The maximum atomic E-state index is 14.5. The van der Waals surface area contributed by atoms with Gasteiger partial charge in [0.25, 0.3) is 10.0 Å². The number of benzene rings is 4. The Kier molecular flexibility index (Phi) is 11.5. The van der Waals surface area contributed by atoms with E-state index in [0.29, 0.717) is 11.3 Å². The summed E-state index contributed by atoms with van der Waals surface area (Å²) in [6.07, 6.45) is 0.202. The van der Waals surface area contributed by atoms with Crippen molar-refractivity contribution in [1.82, 2.24) is 10.2 Å². The molecule has 0 aliphatic carbocycles. The zero-order chi connectivity index (χ0) is 32.6. The Morgan fingerprint density at radius 1 is 0.822 bits per heavy atom. The fraction of sp³-hybridized carbons (Fsp3) is 0.235. The molecule has 45 heavy (non-hydrogen) atoms. The molecule has 0 spiro atoms. The number of amides is 2. The lowest BCUT2D eigenvalue weighted by Gasteiger charge is -2.34. The van der Waals surface area contributed by atoms with Gasteiger partial charge in [0.2, 0.25) is 11.8 Å². The average molecular weight is 669 g/mol. The molecule has 236 valence electrons. The number of halogens is 2. The zero-order valence-corrected chi connectivity index (χ0v) is 27.5. The molecule has 2 amide bonds. The monoisotopic (exact) mass is 667 g/mol. The molecule has 0 bridgehead atoms. The molecule has 4 rings (SSSR count). The first-order valence-electron chi connectivity index (χ1n) is 14.3. The van der Waals surface area contributed by atoms with E-state index in [0.717, 1.165) is 9.87 Å². The van der Waals surface area contributed by atoms with E-state index in [4.69, 9.17) is 27.9 Å². The van der Waals surface area contributed by atoms with Gasteiger partial charge in [-0.05, 0) is 67.4 Å². The number of rotatable bonds is 13. The lowest BCUT2D eigenvalue weighted by Crippen LogP contribution is -2.54. The first kappa shape index (κ1) is 33.8. The fourth-order valence-electron chi connectivity index (χ4n) is 4.79. The van der Waals surface area contributed by atoms with Crippen LogP contribution < -0.4 is 14.4 Å². The molecule has 0 aliphatic heterocycles. The number of ether oxygens (including phenoxy) is 1. The second-order valence-corrected chi connectivity index (χ2v) is 13.3. The lowest BCUT2D eigenvalue weighted by molar-refractivity contribution is -0.140. The second-order valence-electron chi connectivity index (χ2n) is 10.7. The Balaban J connectivity index is 1.82. The van der Waals surface area contributed by atoms with Crippen molar-refractivity contribution in [2.75, 3.05) is 18.0 Å². The van der Waals surface area contributed by atoms with Crippen molar-refractivity contribution in [3.05, 3.63) is 124 Å². The third-order valence-electron chi connectivity index (χ3n) is 6.99. The Morgan fingerprint density at radius 2 is 1.47 bits per heavy atom. The zero-order valence-electron chi connectivity index (χ0n) is 25.2. The van der Waals surface area contributed by atoms with Crippen molar-refractivity contribution >= 4 is 50.7 Å². The van der Waals surface area contributed by atoms with Gasteiger partial charge in [0, 0.05) is 19.0 Å². The third-order valence-corrected chi connectivity index (χ3v) is 9.52. The van der Waals surface area contributed by atoms with Crippen molar-refractivity contribution in [2.45, 2.75) is 43.8 Å². The molecule has 0 fully saturated rings. The summed E-state index contributed by atoms with van der Waals surface area (Å²) in [5, 5.41) is 3.30. The molecule has 8 nitrogen and oxygen atoms in total. The number of sulfonamides is 1. The van der Waals surface area contributed by atoms with E-state index in [1.54, 1.807) is 43.5 Å². The predicted molar refractivity (Wildman–Crippen MR) is 178 cm³/mol. The van der Waals surface area contributed by atoms with E-state index in [1.165, 1.54) is 35.2 Å². The van der Waals surface area contributed by atoms with Gasteiger partial charge in [0.05, 0.1) is 27.7 Å². The van der Waals surface area contributed by atoms with Gasteiger partial charge in [0.15, 0.2) is 0 Å². The van der Waals surface area contributed by atoms with Gasteiger partial charge < -0.3 is 15.0 Å². The molecule has 0 aromatic heterocycles. The Hall–Kier alpha value is -4.05. The van der Waals surface area contributed by atoms with Crippen LogP contribution in [0, 0.1) is 0 Å². The maximum Gasteiger partial charge on any atom is 0.264 e. The van der Waals surface area contributed by atoms with Crippen LogP contribution in [-0.2, 0) is 32.6 Å². The highest BCUT2D eigenvalue weighted by atomic mass is 35.5. The fourth-order valence-corrected chi connectivity index (χ4v) is 6.51. The Morgan fingerprint density at radius 3 is 2.09 bits per heavy atom. The van der Waals surface area contributed by atoms with E-state index in [9.17, 15) is 18.0 Å². The van der Waals surface area contributed by atoms with Crippen LogP contribution in [0.3, 0.4) is 0 Å².